The van der Waals surface area contributed by atoms with Crippen molar-refractivity contribution in [1.29, 1.82) is 0 Å². The lowest BCUT2D eigenvalue weighted by atomic mass is 10.1. The summed E-state index contributed by atoms with van der Waals surface area (Å²) in [5.74, 6) is 0.444. The van der Waals surface area contributed by atoms with Crippen LogP contribution in [0.3, 0.4) is 0 Å². The van der Waals surface area contributed by atoms with Crippen LogP contribution < -0.4 is 20.3 Å². The van der Waals surface area contributed by atoms with E-state index in [-0.39, 0.29) is 11.7 Å². The number of hydrogen-bond donors (Lipinski definition) is 2. The zero-order chi connectivity index (χ0) is 26.5. The SMILES string of the molecule is C=CC(=O)Nc1cc(Nc2cc3c(-c4cccc(F)c4)ncn3cn2)c(OC)cc1N(C)CCN(C)C. The predicted octanol–water partition coefficient (Wildman–Crippen LogP) is 4.41. The molecule has 2 N–H and O–H groups in total. The molecule has 37 heavy (non-hydrogen) atoms. The average molecular weight is 504 g/mol. The van der Waals surface area contributed by atoms with E-state index in [1.165, 1.54) is 18.2 Å². The monoisotopic (exact) mass is 503 g/mol. The number of carbonyl (C=O) groups excluding carboxylic acids is 1. The summed E-state index contributed by atoms with van der Waals surface area (Å²) in [7, 11) is 7.55. The van der Waals surface area contributed by atoms with Crippen molar-refractivity contribution in [2.45, 2.75) is 0 Å². The van der Waals surface area contributed by atoms with Gasteiger partial charge in [0.25, 0.3) is 0 Å². The fourth-order valence-electron chi connectivity index (χ4n) is 3.87. The van der Waals surface area contributed by atoms with Crippen LogP contribution in [-0.4, -0.2) is 66.5 Å². The smallest absolute Gasteiger partial charge is 0.247 e. The lowest BCUT2D eigenvalue weighted by Crippen LogP contribution is -2.29. The van der Waals surface area contributed by atoms with Crippen LogP contribution in [0.2, 0.25) is 0 Å². The Bertz CT molecular complexity index is 1430. The molecule has 0 unspecified atom stereocenters. The Morgan fingerprint density at radius 3 is 2.59 bits per heavy atom. The zero-order valence-electron chi connectivity index (χ0n) is 21.3. The van der Waals surface area contributed by atoms with Gasteiger partial charge in [-0.15, -0.1) is 0 Å². The van der Waals surface area contributed by atoms with E-state index in [0.717, 1.165) is 24.3 Å². The van der Waals surface area contributed by atoms with E-state index >= 15 is 0 Å². The number of carbonyl (C=O) groups is 1. The number of fused-ring (bicyclic) bond motifs is 1. The van der Waals surface area contributed by atoms with E-state index in [4.69, 9.17) is 4.74 Å². The standard InChI is InChI=1S/C27H30FN7O2/c1-6-26(36)32-20-13-21(24(37-5)14-22(20)34(4)11-10-33(2)3)31-25-15-23-27(30-17-35(23)16-29-25)18-8-7-9-19(28)12-18/h6-9,12-17,31H,1,10-11H2,2-5H3,(H,32,36). The highest BCUT2D eigenvalue weighted by atomic mass is 19.1. The van der Waals surface area contributed by atoms with Crippen LogP contribution in [0.15, 0.2) is 67.8 Å². The summed E-state index contributed by atoms with van der Waals surface area (Å²) in [6.45, 7) is 5.13. The molecular formula is C27H30FN7O2. The first-order valence-electron chi connectivity index (χ1n) is 11.7. The third-order valence-corrected chi connectivity index (χ3v) is 5.84. The molecule has 0 saturated heterocycles. The molecule has 0 radical (unpaired) electrons. The van der Waals surface area contributed by atoms with Gasteiger partial charge in [-0.1, -0.05) is 18.7 Å². The molecule has 0 aliphatic rings. The van der Waals surface area contributed by atoms with Crippen LogP contribution in [0.5, 0.6) is 5.75 Å². The number of amides is 1. The van der Waals surface area contributed by atoms with Gasteiger partial charge in [0, 0.05) is 37.8 Å². The lowest BCUT2D eigenvalue weighted by Gasteiger charge is -2.26. The number of halogens is 1. The van der Waals surface area contributed by atoms with E-state index in [1.54, 1.807) is 36.3 Å². The van der Waals surface area contributed by atoms with Crippen LogP contribution in [-0.2, 0) is 4.79 Å². The molecule has 0 aliphatic heterocycles. The van der Waals surface area contributed by atoms with Crippen LogP contribution in [0.1, 0.15) is 0 Å². The zero-order valence-corrected chi connectivity index (χ0v) is 21.3. The second-order valence-corrected chi connectivity index (χ2v) is 8.78. The number of anilines is 4. The Hall–Kier alpha value is -4.44. The second-order valence-electron chi connectivity index (χ2n) is 8.78. The van der Waals surface area contributed by atoms with Gasteiger partial charge >= 0.3 is 0 Å². The maximum atomic E-state index is 13.8. The minimum absolute atomic E-state index is 0.322. The molecule has 2 aromatic heterocycles. The van der Waals surface area contributed by atoms with Gasteiger partial charge in [0.15, 0.2) is 0 Å². The van der Waals surface area contributed by atoms with Gasteiger partial charge < -0.3 is 25.2 Å². The van der Waals surface area contributed by atoms with Crippen LogP contribution in [0.4, 0.5) is 27.3 Å². The highest BCUT2D eigenvalue weighted by Crippen LogP contribution is 2.38. The summed E-state index contributed by atoms with van der Waals surface area (Å²) in [6.07, 6.45) is 4.49. The van der Waals surface area contributed by atoms with Gasteiger partial charge in [-0.2, -0.15) is 0 Å². The van der Waals surface area contributed by atoms with Crippen molar-refractivity contribution in [3.05, 3.63) is 73.6 Å². The summed E-state index contributed by atoms with van der Waals surface area (Å²) in [5, 5.41) is 6.18. The molecule has 192 valence electrons. The van der Waals surface area contributed by atoms with Crippen molar-refractivity contribution in [3.63, 3.8) is 0 Å². The molecule has 0 saturated carbocycles. The minimum atomic E-state index is -0.333. The number of imidazole rings is 1. The normalized spacial score (nSPS) is 11.0. The molecule has 0 spiro atoms. The summed E-state index contributed by atoms with van der Waals surface area (Å²) in [4.78, 5) is 25.3. The molecule has 2 heterocycles. The Kier molecular flexibility index (Phi) is 7.69. The number of aromatic nitrogens is 3. The molecular weight excluding hydrogens is 473 g/mol. The molecule has 0 aliphatic carbocycles. The fraction of sp³-hybridized carbons (Fsp3) is 0.222. The highest BCUT2D eigenvalue weighted by molar-refractivity contribution is 6.02. The van der Waals surface area contributed by atoms with E-state index < -0.39 is 0 Å². The first-order valence-corrected chi connectivity index (χ1v) is 11.7. The van der Waals surface area contributed by atoms with Gasteiger partial charge in [-0.25, -0.2) is 14.4 Å². The summed E-state index contributed by atoms with van der Waals surface area (Å²) in [6, 6.07) is 11.8. The number of likely N-dealkylation sites (N-methyl/N-ethyl adjacent to an activating group) is 2. The van der Waals surface area contributed by atoms with Gasteiger partial charge in [-0.3, -0.25) is 9.20 Å². The van der Waals surface area contributed by atoms with E-state index in [9.17, 15) is 9.18 Å². The third kappa shape index (κ3) is 5.87. The molecule has 2 aromatic carbocycles. The van der Waals surface area contributed by atoms with Crippen molar-refractivity contribution in [3.8, 4) is 17.0 Å². The topological polar surface area (TPSA) is 87.0 Å². The minimum Gasteiger partial charge on any atom is -0.494 e. The Morgan fingerprint density at radius 2 is 1.89 bits per heavy atom. The first-order chi connectivity index (χ1) is 17.8. The molecule has 0 atom stereocenters. The summed E-state index contributed by atoms with van der Waals surface area (Å²) < 4.78 is 21.3. The molecule has 10 heteroatoms. The van der Waals surface area contributed by atoms with Gasteiger partial charge in [0.1, 0.15) is 30.0 Å². The third-order valence-electron chi connectivity index (χ3n) is 5.84. The van der Waals surface area contributed by atoms with Crippen LogP contribution in [0, 0.1) is 5.82 Å². The van der Waals surface area contributed by atoms with Crippen molar-refractivity contribution < 1.29 is 13.9 Å². The number of nitrogens with one attached hydrogen (secondary N) is 2. The second kappa shape index (κ2) is 11.1. The average Bonchev–Trinajstić information content (AvgIpc) is 3.30. The fourth-order valence-corrected chi connectivity index (χ4v) is 3.87. The quantitative estimate of drug-likeness (QED) is 0.310. The number of methoxy groups -OCH3 is 1. The number of nitrogens with zero attached hydrogens (tertiary/aromatic N) is 5. The Morgan fingerprint density at radius 1 is 1.11 bits per heavy atom. The van der Waals surface area contributed by atoms with Crippen molar-refractivity contribution >= 4 is 34.3 Å². The molecule has 0 bridgehead atoms. The van der Waals surface area contributed by atoms with Crippen LogP contribution in [0.25, 0.3) is 16.8 Å². The number of rotatable bonds is 10. The highest BCUT2D eigenvalue weighted by Gasteiger charge is 2.17. The molecule has 1 amide bonds. The van der Waals surface area contributed by atoms with Gasteiger partial charge in [0.2, 0.25) is 5.91 Å². The molecule has 0 fully saturated rings. The number of ether oxygens (including phenoxy) is 1. The Balaban J connectivity index is 1.72. The molecule has 4 aromatic rings. The van der Waals surface area contributed by atoms with Gasteiger partial charge in [0.05, 0.1) is 35.4 Å². The predicted molar refractivity (Wildman–Crippen MR) is 145 cm³/mol. The summed E-state index contributed by atoms with van der Waals surface area (Å²) >= 11 is 0. The lowest BCUT2D eigenvalue weighted by molar-refractivity contribution is -0.111. The number of benzene rings is 2. The maximum absolute atomic E-state index is 13.8. The Labute approximate surface area is 215 Å². The molecule has 4 rings (SSSR count). The summed E-state index contributed by atoms with van der Waals surface area (Å²) in [5.41, 5.74) is 4.05. The van der Waals surface area contributed by atoms with Crippen molar-refractivity contribution in [2.75, 3.05) is 56.9 Å². The van der Waals surface area contributed by atoms with Crippen molar-refractivity contribution in [1.82, 2.24) is 19.3 Å². The first kappa shape index (κ1) is 25.6. The van der Waals surface area contributed by atoms with Crippen molar-refractivity contribution in [2.24, 2.45) is 0 Å². The van der Waals surface area contributed by atoms with Gasteiger partial charge in [-0.05, 0) is 38.4 Å². The van der Waals surface area contributed by atoms with Crippen LogP contribution >= 0.6 is 0 Å². The molecule has 9 nitrogen and oxygen atoms in total. The number of hydrogen-bond acceptors (Lipinski definition) is 7. The maximum Gasteiger partial charge on any atom is 0.247 e. The van der Waals surface area contributed by atoms with E-state index in [0.29, 0.717) is 34.2 Å². The largest absolute Gasteiger partial charge is 0.494 e. The van der Waals surface area contributed by atoms with E-state index in [1.807, 2.05) is 44.2 Å². The van der Waals surface area contributed by atoms with E-state index in [2.05, 4.69) is 32.1 Å².